The van der Waals surface area contributed by atoms with Crippen LogP contribution in [0.1, 0.15) is 6.42 Å². The molecule has 1 aliphatic rings. The summed E-state index contributed by atoms with van der Waals surface area (Å²) in [6.07, 6.45) is 0.280. The Kier molecular flexibility index (Phi) is 3.05. The molecule has 0 atom stereocenters. The topological polar surface area (TPSA) is 58.4 Å². The van der Waals surface area contributed by atoms with Crippen molar-refractivity contribution in [3.63, 3.8) is 0 Å². The van der Waals surface area contributed by atoms with Crippen molar-refractivity contribution in [2.75, 3.05) is 13.2 Å². The Morgan fingerprint density at radius 1 is 1.67 bits per heavy atom. The second-order valence-electron chi connectivity index (χ2n) is 2.42. The molecule has 68 valence electrons. The second-order valence-corrected chi connectivity index (χ2v) is 3.16. The summed E-state index contributed by atoms with van der Waals surface area (Å²) in [7, 11) is 0. The number of primary amides is 1. The van der Waals surface area contributed by atoms with Crippen molar-refractivity contribution >= 4 is 29.1 Å². The van der Waals surface area contributed by atoms with Crippen molar-refractivity contribution in [1.82, 2.24) is 10.2 Å². The maximum Gasteiger partial charge on any atom is 0.219 e. The van der Waals surface area contributed by atoms with Gasteiger partial charge in [0, 0.05) is 13.0 Å². The number of hydrogen-bond donors (Lipinski definition) is 2. The normalized spacial score (nSPS) is 16.7. The van der Waals surface area contributed by atoms with E-state index in [2.05, 4.69) is 5.32 Å². The van der Waals surface area contributed by atoms with Crippen LogP contribution in [-0.4, -0.2) is 24.0 Å². The van der Waals surface area contributed by atoms with Crippen LogP contribution in [0.2, 0.25) is 0 Å². The molecule has 3 N–H and O–H groups in total. The van der Waals surface area contributed by atoms with Gasteiger partial charge >= 0.3 is 0 Å². The van der Waals surface area contributed by atoms with Gasteiger partial charge in [0.1, 0.15) is 10.3 Å². The van der Waals surface area contributed by atoms with Crippen LogP contribution in [-0.2, 0) is 4.79 Å². The number of halogens is 2. The van der Waals surface area contributed by atoms with Gasteiger partial charge in [-0.3, -0.25) is 4.79 Å². The Labute approximate surface area is 80.3 Å². The molecule has 0 saturated heterocycles. The average Bonchev–Trinajstić information content (AvgIpc) is 2.30. The van der Waals surface area contributed by atoms with E-state index >= 15 is 0 Å². The first-order valence-electron chi connectivity index (χ1n) is 3.43. The molecule has 0 aromatic rings. The fourth-order valence-corrected chi connectivity index (χ4v) is 1.26. The van der Waals surface area contributed by atoms with Gasteiger partial charge in [0.25, 0.3) is 0 Å². The lowest BCUT2D eigenvalue weighted by Gasteiger charge is -2.15. The second kappa shape index (κ2) is 3.87. The van der Waals surface area contributed by atoms with Gasteiger partial charge < -0.3 is 16.0 Å². The predicted molar refractivity (Wildman–Crippen MR) is 47.3 cm³/mol. The highest BCUT2D eigenvalue weighted by Crippen LogP contribution is 2.21. The zero-order chi connectivity index (χ0) is 9.14. The summed E-state index contributed by atoms with van der Waals surface area (Å²) in [6, 6.07) is 0. The largest absolute Gasteiger partial charge is 0.370 e. The summed E-state index contributed by atoms with van der Waals surface area (Å²) in [5.74, 6) is -0.345. The molecule has 0 aromatic heterocycles. The van der Waals surface area contributed by atoms with Crippen LogP contribution < -0.4 is 11.1 Å². The van der Waals surface area contributed by atoms with E-state index in [1.807, 2.05) is 0 Å². The third kappa shape index (κ3) is 2.19. The first-order valence-corrected chi connectivity index (χ1v) is 4.19. The van der Waals surface area contributed by atoms with Crippen LogP contribution >= 0.6 is 23.2 Å². The maximum atomic E-state index is 10.4. The van der Waals surface area contributed by atoms with Crippen molar-refractivity contribution in [2.45, 2.75) is 6.42 Å². The number of nitrogens with two attached hydrogens (primary N) is 1. The minimum absolute atomic E-state index is 0.280. The van der Waals surface area contributed by atoms with E-state index in [-0.39, 0.29) is 12.3 Å². The van der Waals surface area contributed by atoms with Gasteiger partial charge in [-0.1, -0.05) is 23.2 Å². The summed E-state index contributed by atoms with van der Waals surface area (Å²) in [6.45, 7) is 1.03. The minimum Gasteiger partial charge on any atom is -0.370 e. The molecule has 0 spiro atoms. The Balaban J connectivity index is 2.40. The zero-order valence-electron chi connectivity index (χ0n) is 6.31. The third-order valence-electron chi connectivity index (χ3n) is 1.51. The molecule has 0 fully saturated rings. The number of amides is 1. The molecule has 0 saturated carbocycles. The SMILES string of the molecule is NC(=O)CCN1CNC(Cl)=C1Cl. The monoisotopic (exact) mass is 209 g/mol. The molecule has 0 aliphatic carbocycles. The van der Waals surface area contributed by atoms with Crippen molar-refractivity contribution in [2.24, 2.45) is 5.73 Å². The van der Waals surface area contributed by atoms with Gasteiger partial charge in [0.15, 0.2) is 0 Å². The van der Waals surface area contributed by atoms with Gasteiger partial charge in [-0.25, -0.2) is 0 Å². The molecule has 6 heteroatoms. The molecule has 0 bridgehead atoms. The van der Waals surface area contributed by atoms with E-state index in [1.54, 1.807) is 4.90 Å². The lowest BCUT2D eigenvalue weighted by Crippen LogP contribution is -2.27. The van der Waals surface area contributed by atoms with Crippen molar-refractivity contribution in [3.8, 4) is 0 Å². The summed E-state index contributed by atoms with van der Waals surface area (Å²) in [5.41, 5.74) is 4.97. The van der Waals surface area contributed by atoms with E-state index in [9.17, 15) is 4.79 Å². The molecule has 0 unspecified atom stereocenters. The Bertz CT molecular complexity index is 229. The predicted octanol–water partition coefficient (Wildman–Crippen LogP) is 0.329. The molecule has 1 rings (SSSR count). The first kappa shape index (κ1) is 9.48. The van der Waals surface area contributed by atoms with Crippen LogP contribution in [0.25, 0.3) is 0 Å². The molecular formula is C6H9Cl2N3O. The van der Waals surface area contributed by atoms with Crippen LogP contribution in [0.15, 0.2) is 10.3 Å². The lowest BCUT2D eigenvalue weighted by atomic mass is 10.4. The third-order valence-corrected chi connectivity index (χ3v) is 2.35. The number of carbonyl (C=O) groups is 1. The van der Waals surface area contributed by atoms with E-state index in [1.165, 1.54) is 0 Å². The molecule has 1 amide bonds. The van der Waals surface area contributed by atoms with Gasteiger partial charge in [-0.05, 0) is 0 Å². The zero-order valence-corrected chi connectivity index (χ0v) is 7.82. The van der Waals surface area contributed by atoms with Crippen molar-refractivity contribution < 1.29 is 4.79 Å². The lowest BCUT2D eigenvalue weighted by molar-refractivity contribution is -0.118. The van der Waals surface area contributed by atoms with Gasteiger partial charge in [-0.2, -0.15) is 0 Å². The van der Waals surface area contributed by atoms with Crippen LogP contribution in [0.4, 0.5) is 0 Å². The first-order chi connectivity index (χ1) is 5.61. The van der Waals surface area contributed by atoms with Crippen molar-refractivity contribution in [3.05, 3.63) is 10.3 Å². The molecule has 12 heavy (non-hydrogen) atoms. The standard InChI is InChI=1S/C6H9Cl2N3O/c7-5-6(8)11(3-10-5)2-1-4(9)12/h10H,1-3H2,(H2,9,12). The van der Waals surface area contributed by atoms with Gasteiger partial charge in [-0.15, -0.1) is 0 Å². The Morgan fingerprint density at radius 2 is 2.33 bits per heavy atom. The Hall–Kier alpha value is -0.610. The van der Waals surface area contributed by atoms with E-state index in [0.29, 0.717) is 23.5 Å². The summed E-state index contributed by atoms with van der Waals surface area (Å²) >= 11 is 11.4. The van der Waals surface area contributed by atoms with E-state index < -0.39 is 0 Å². The maximum absolute atomic E-state index is 10.4. The molecule has 4 nitrogen and oxygen atoms in total. The summed E-state index contributed by atoms with van der Waals surface area (Å²) in [5, 5.41) is 3.69. The Morgan fingerprint density at radius 3 is 2.75 bits per heavy atom. The fraction of sp³-hybridized carbons (Fsp3) is 0.500. The van der Waals surface area contributed by atoms with Gasteiger partial charge in [0.05, 0.1) is 6.67 Å². The average molecular weight is 210 g/mol. The molecule has 0 aromatic carbocycles. The molecule has 1 heterocycles. The molecule has 0 radical (unpaired) electrons. The highest BCUT2D eigenvalue weighted by molar-refractivity contribution is 6.38. The fourth-order valence-electron chi connectivity index (χ4n) is 0.868. The quantitative estimate of drug-likeness (QED) is 0.660. The minimum atomic E-state index is -0.345. The highest BCUT2D eigenvalue weighted by Gasteiger charge is 2.18. The number of nitrogens with zero attached hydrogens (tertiary/aromatic N) is 1. The smallest absolute Gasteiger partial charge is 0.219 e. The van der Waals surface area contributed by atoms with E-state index in [4.69, 9.17) is 28.9 Å². The number of rotatable bonds is 3. The molecular weight excluding hydrogens is 201 g/mol. The summed E-state index contributed by atoms with van der Waals surface area (Å²) in [4.78, 5) is 12.2. The number of carbonyl (C=O) groups excluding carboxylic acids is 1. The number of hydrogen-bond acceptors (Lipinski definition) is 3. The highest BCUT2D eigenvalue weighted by atomic mass is 35.5. The van der Waals surface area contributed by atoms with Crippen LogP contribution in [0.5, 0.6) is 0 Å². The van der Waals surface area contributed by atoms with Crippen LogP contribution in [0, 0.1) is 0 Å². The van der Waals surface area contributed by atoms with E-state index in [0.717, 1.165) is 0 Å². The van der Waals surface area contributed by atoms with Crippen molar-refractivity contribution in [1.29, 1.82) is 0 Å². The summed E-state index contributed by atoms with van der Waals surface area (Å²) < 4.78 is 0. The number of nitrogens with one attached hydrogen (secondary N) is 1. The molecule has 1 aliphatic heterocycles. The van der Waals surface area contributed by atoms with Gasteiger partial charge in [0.2, 0.25) is 5.91 Å². The van der Waals surface area contributed by atoms with Crippen LogP contribution in [0.3, 0.4) is 0 Å².